The quantitative estimate of drug-likeness (QED) is 0.742. The molecule has 13 heavy (non-hydrogen) atoms. The molecule has 0 saturated carbocycles. The highest BCUT2D eigenvalue weighted by Gasteiger charge is 2.04. The monoisotopic (exact) mass is 231 g/mol. The fourth-order valence-corrected chi connectivity index (χ4v) is 2.63. The molecule has 2 aromatic rings. The average molecular weight is 232 g/mol. The van der Waals surface area contributed by atoms with Crippen LogP contribution in [-0.4, -0.2) is 0 Å². The number of fused-ring (bicyclic) bond motifs is 1. The lowest BCUT2D eigenvalue weighted by Gasteiger charge is -1.98. The summed E-state index contributed by atoms with van der Waals surface area (Å²) in [6, 6.07) is 5.82. The number of anilines is 1. The van der Waals surface area contributed by atoms with Crippen LogP contribution in [0.15, 0.2) is 18.2 Å². The standard InChI is InChI=1S/C9H7Cl2NS/c10-4-6-2-8-5(1-7(6)11)3-9(12)13-8/h1-3H,4,12H2. The summed E-state index contributed by atoms with van der Waals surface area (Å²) < 4.78 is 1.14. The van der Waals surface area contributed by atoms with Crippen LogP contribution in [0.1, 0.15) is 5.56 Å². The lowest BCUT2D eigenvalue weighted by Crippen LogP contribution is -1.78. The number of alkyl halides is 1. The molecule has 0 spiro atoms. The summed E-state index contributed by atoms with van der Waals surface area (Å²) in [5.41, 5.74) is 6.63. The lowest BCUT2D eigenvalue weighted by molar-refractivity contribution is 1.43. The Morgan fingerprint density at radius 2 is 2.08 bits per heavy atom. The lowest BCUT2D eigenvalue weighted by atomic mass is 10.2. The minimum Gasteiger partial charge on any atom is -0.391 e. The van der Waals surface area contributed by atoms with Crippen LogP contribution in [0.3, 0.4) is 0 Å². The van der Waals surface area contributed by atoms with Gasteiger partial charge in [0.1, 0.15) is 0 Å². The number of benzene rings is 1. The van der Waals surface area contributed by atoms with E-state index in [0.717, 1.165) is 20.7 Å². The smallest absolute Gasteiger partial charge is 0.0868 e. The number of nitrogen functional groups attached to an aromatic ring is 1. The summed E-state index contributed by atoms with van der Waals surface area (Å²) in [6.45, 7) is 0. The van der Waals surface area contributed by atoms with Crippen molar-refractivity contribution in [2.24, 2.45) is 0 Å². The molecule has 0 radical (unpaired) electrons. The second-order valence-corrected chi connectivity index (χ2v) is 4.55. The molecule has 4 heteroatoms. The number of thiophene rings is 1. The van der Waals surface area contributed by atoms with Crippen LogP contribution in [-0.2, 0) is 5.88 Å². The van der Waals surface area contributed by atoms with Crippen LogP contribution < -0.4 is 5.73 Å². The van der Waals surface area contributed by atoms with Gasteiger partial charge in [0, 0.05) is 15.6 Å². The molecule has 1 aromatic heterocycles. The van der Waals surface area contributed by atoms with Crippen molar-refractivity contribution in [3.05, 3.63) is 28.8 Å². The highest BCUT2D eigenvalue weighted by molar-refractivity contribution is 7.22. The van der Waals surface area contributed by atoms with E-state index in [1.807, 2.05) is 18.2 Å². The summed E-state index contributed by atoms with van der Waals surface area (Å²) in [5.74, 6) is 0.437. The van der Waals surface area contributed by atoms with Crippen molar-refractivity contribution in [2.45, 2.75) is 5.88 Å². The molecule has 0 saturated heterocycles. The van der Waals surface area contributed by atoms with Crippen molar-refractivity contribution in [3.63, 3.8) is 0 Å². The predicted molar refractivity (Wildman–Crippen MR) is 60.8 cm³/mol. The van der Waals surface area contributed by atoms with Gasteiger partial charge in [-0.1, -0.05) is 11.6 Å². The van der Waals surface area contributed by atoms with Gasteiger partial charge in [-0.15, -0.1) is 22.9 Å². The molecule has 1 aromatic carbocycles. The summed E-state index contributed by atoms with van der Waals surface area (Å²) in [6.07, 6.45) is 0. The summed E-state index contributed by atoms with van der Waals surface area (Å²) >= 11 is 13.3. The van der Waals surface area contributed by atoms with Gasteiger partial charge < -0.3 is 5.73 Å². The van der Waals surface area contributed by atoms with Crippen LogP contribution in [0, 0.1) is 0 Å². The molecule has 0 aliphatic carbocycles. The highest BCUT2D eigenvalue weighted by Crippen LogP contribution is 2.32. The van der Waals surface area contributed by atoms with E-state index in [-0.39, 0.29) is 0 Å². The van der Waals surface area contributed by atoms with E-state index in [4.69, 9.17) is 28.9 Å². The second-order valence-electron chi connectivity index (χ2n) is 2.76. The van der Waals surface area contributed by atoms with Gasteiger partial charge in [0.25, 0.3) is 0 Å². The van der Waals surface area contributed by atoms with E-state index < -0.39 is 0 Å². The van der Waals surface area contributed by atoms with Crippen molar-refractivity contribution in [2.75, 3.05) is 5.73 Å². The summed E-state index contributed by atoms with van der Waals surface area (Å²) in [5, 5.41) is 2.60. The molecule has 0 aliphatic rings. The Hall–Kier alpha value is -0.440. The zero-order valence-corrected chi connectivity index (χ0v) is 9.01. The van der Waals surface area contributed by atoms with E-state index in [1.165, 1.54) is 0 Å². The molecule has 1 nitrogen and oxygen atoms in total. The topological polar surface area (TPSA) is 26.0 Å². The molecule has 0 unspecified atom stereocenters. The Kier molecular flexibility index (Phi) is 2.37. The molecule has 0 fully saturated rings. The van der Waals surface area contributed by atoms with Crippen LogP contribution in [0.2, 0.25) is 5.02 Å². The summed E-state index contributed by atoms with van der Waals surface area (Å²) in [7, 11) is 0. The van der Waals surface area contributed by atoms with Gasteiger partial charge >= 0.3 is 0 Å². The van der Waals surface area contributed by atoms with Crippen LogP contribution >= 0.6 is 34.5 Å². The van der Waals surface area contributed by atoms with Crippen molar-refractivity contribution in [1.29, 1.82) is 0 Å². The Morgan fingerprint density at radius 1 is 1.31 bits per heavy atom. The number of rotatable bonds is 1. The van der Waals surface area contributed by atoms with E-state index in [2.05, 4.69) is 0 Å². The molecule has 0 aliphatic heterocycles. The number of nitrogens with two attached hydrogens (primary N) is 1. The van der Waals surface area contributed by atoms with E-state index in [0.29, 0.717) is 10.9 Å². The van der Waals surface area contributed by atoms with E-state index in [1.54, 1.807) is 11.3 Å². The zero-order chi connectivity index (χ0) is 9.42. The first kappa shape index (κ1) is 9.13. The molecule has 2 N–H and O–H groups in total. The van der Waals surface area contributed by atoms with Gasteiger partial charge in [0.05, 0.1) is 5.00 Å². The van der Waals surface area contributed by atoms with Gasteiger partial charge in [-0.05, 0) is 29.1 Å². The van der Waals surface area contributed by atoms with E-state index >= 15 is 0 Å². The number of hydrogen-bond donors (Lipinski definition) is 1. The minimum absolute atomic E-state index is 0.437. The third-order valence-electron chi connectivity index (χ3n) is 1.85. The van der Waals surface area contributed by atoms with Crippen LogP contribution in [0.4, 0.5) is 5.00 Å². The van der Waals surface area contributed by atoms with Crippen LogP contribution in [0.5, 0.6) is 0 Å². The fourth-order valence-electron chi connectivity index (χ4n) is 1.22. The van der Waals surface area contributed by atoms with Crippen LogP contribution in [0.25, 0.3) is 10.1 Å². The Labute approximate surface area is 90.1 Å². The SMILES string of the molecule is Nc1cc2cc(Cl)c(CCl)cc2s1. The third kappa shape index (κ3) is 1.62. The molecule has 68 valence electrons. The molecule has 0 atom stereocenters. The Balaban J connectivity index is 2.72. The zero-order valence-electron chi connectivity index (χ0n) is 6.68. The maximum absolute atomic E-state index is 5.99. The maximum Gasteiger partial charge on any atom is 0.0868 e. The van der Waals surface area contributed by atoms with Gasteiger partial charge in [-0.3, -0.25) is 0 Å². The molecular formula is C9H7Cl2NS. The Morgan fingerprint density at radius 3 is 2.77 bits per heavy atom. The third-order valence-corrected chi connectivity index (χ3v) is 3.42. The molecule has 0 amide bonds. The van der Waals surface area contributed by atoms with Crippen molar-refractivity contribution < 1.29 is 0 Å². The average Bonchev–Trinajstić information content (AvgIpc) is 2.42. The predicted octanol–water partition coefficient (Wildman–Crippen LogP) is 3.88. The first-order chi connectivity index (χ1) is 6.20. The van der Waals surface area contributed by atoms with Crippen molar-refractivity contribution >= 4 is 49.6 Å². The summed E-state index contributed by atoms with van der Waals surface area (Å²) in [4.78, 5) is 0. The first-order valence-electron chi connectivity index (χ1n) is 3.74. The largest absolute Gasteiger partial charge is 0.391 e. The van der Waals surface area contributed by atoms with Crippen molar-refractivity contribution in [3.8, 4) is 0 Å². The number of halogens is 2. The normalized spacial score (nSPS) is 10.9. The van der Waals surface area contributed by atoms with Gasteiger partial charge in [0.15, 0.2) is 0 Å². The van der Waals surface area contributed by atoms with Gasteiger partial charge in [0.2, 0.25) is 0 Å². The molecule has 2 rings (SSSR count). The minimum atomic E-state index is 0.437. The maximum atomic E-state index is 5.99. The first-order valence-corrected chi connectivity index (χ1v) is 5.47. The number of hydrogen-bond acceptors (Lipinski definition) is 2. The van der Waals surface area contributed by atoms with Crippen molar-refractivity contribution in [1.82, 2.24) is 0 Å². The molecule has 1 heterocycles. The molecule has 0 bridgehead atoms. The van der Waals surface area contributed by atoms with E-state index in [9.17, 15) is 0 Å². The second kappa shape index (κ2) is 3.37. The highest BCUT2D eigenvalue weighted by atomic mass is 35.5. The Bertz CT molecular complexity index is 450. The molecular weight excluding hydrogens is 225 g/mol. The fraction of sp³-hybridized carbons (Fsp3) is 0.111. The van der Waals surface area contributed by atoms with Gasteiger partial charge in [-0.25, -0.2) is 0 Å². The van der Waals surface area contributed by atoms with Gasteiger partial charge in [-0.2, -0.15) is 0 Å².